The molecule has 0 saturated carbocycles. The lowest BCUT2D eigenvalue weighted by Gasteiger charge is -2.18. The van der Waals surface area contributed by atoms with Gasteiger partial charge in [-0.05, 0) is 15.9 Å². The lowest BCUT2D eigenvalue weighted by Crippen LogP contribution is -2.15. The highest BCUT2D eigenvalue weighted by molar-refractivity contribution is 9.10. The standard InChI is InChI=1S/C8H6BrNO4/c9-6-3-5(10(11)12)4-7-8(6)14-2-1-13-7/h3-4H,1-2H2. The van der Waals surface area contributed by atoms with Gasteiger partial charge < -0.3 is 9.47 Å². The van der Waals surface area contributed by atoms with Crippen molar-refractivity contribution in [1.29, 1.82) is 0 Å². The van der Waals surface area contributed by atoms with Crippen molar-refractivity contribution in [1.82, 2.24) is 0 Å². The van der Waals surface area contributed by atoms with Crippen LogP contribution in [-0.2, 0) is 0 Å². The first-order valence-electron chi connectivity index (χ1n) is 3.92. The number of hydrogen-bond acceptors (Lipinski definition) is 4. The van der Waals surface area contributed by atoms with Gasteiger partial charge in [-0.25, -0.2) is 0 Å². The molecule has 0 fully saturated rings. The Hall–Kier alpha value is -1.30. The molecule has 14 heavy (non-hydrogen) atoms. The molecule has 0 spiro atoms. The van der Waals surface area contributed by atoms with E-state index >= 15 is 0 Å². The zero-order valence-corrected chi connectivity index (χ0v) is 8.61. The summed E-state index contributed by atoms with van der Waals surface area (Å²) in [4.78, 5) is 10.1. The molecule has 6 heteroatoms. The lowest BCUT2D eigenvalue weighted by molar-refractivity contribution is -0.385. The molecule has 1 heterocycles. The van der Waals surface area contributed by atoms with E-state index in [2.05, 4.69) is 15.9 Å². The first kappa shape index (κ1) is 9.26. The van der Waals surface area contributed by atoms with Crippen LogP contribution in [0.25, 0.3) is 0 Å². The SMILES string of the molecule is O=[N+]([O-])c1cc(Br)c2c(c1)OCCO2. The number of rotatable bonds is 1. The van der Waals surface area contributed by atoms with Gasteiger partial charge in [0.05, 0.1) is 15.5 Å². The molecule has 0 N–H and O–H groups in total. The van der Waals surface area contributed by atoms with E-state index in [4.69, 9.17) is 9.47 Å². The zero-order chi connectivity index (χ0) is 10.1. The van der Waals surface area contributed by atoms with E-state index in [1.54, 1.807) is 0 Å². The molecule has 0 saturated heterocycles. The van der Waals surface area contributed by atoms with Crippen LogP contribution in [0.15, 0.2) is 16.6 Å². The predicted molar refractivity (Wildman–Crippen MR) is 51.8 cm³/mol. The maximum Gasteiger partial charge on any atom is 0.274 e. The molecule has 0 radical (unpaired) electrons. The first-order chi connectivity index (χ1) is 6.68. The second-order valence-corrected chi connectivity index (χ2v) is 3.56. The van der Waals surface area contributed by atoms with Crippen LogP contribution in [0.4, 0.5) is 5.69 Å². The Labute approximate surface area is 87.9 Å². The summed E-state index contributed by atoms with van der Waals surface area (Å²) >= 11 is 3.19. The van der Waals surface area contributed by atoms with E-state index in [0.717, 1.165) is 0 Å². The number of hydrogen-bond donors (Lipinski definition) is 0. The van der Waals surface area contributed by atoms with Crippen molar-refractivity contribution in [2.24, 2.45) is 0 Å². The average Bonchev–Trinajstić information content (AvgIpc) is 2.17. The molecule has 0 atom stereocenters. The minimum Gasteiger partial charge on any atom is -0.486 e. The van der Waals surface area contributed by atoms with Gasteiger partial charge in [0, 0.05) is 6.07 Å². The monoisotopic (exact) mass is 259 g/mol. The van der Waals surface area contributed by atoms with Gasteiger partial charge in [-0.1, -0.05) is 0 Å². The number of fused-ring (bicyclic) bond motifs is 1. The molecular weight excluding hydrogens is 254 g/mol. The van der Waals surface area contributed by atoms with Gasteiger partial charge in [-0.2, -0.15) is 0 Å². The third kappa shape index (κ3) is 1.52. The predicted octanol–water partition coefficient (Wildman–Crippen LogP) is 2.13. The van der Waals surface area contributed by atoms with Gasteiger partial charge >= 0.3 is 0 Å². The van der Waals surface area contributed by atoms with Crippen molar-refractivity contribution in [2.75, 3.05) is 13.2 Å². The Morgan fingerprint density at radius 2 is 2.07 bits per heavy atom. The lowest BCUT2D eigenvalue weighted by atomic mass is 10.2. The molecule has 0 amide bonds. The number of nitro benzene ring substituents is 1. The maximum atomic E-state index is 10.5. The summed E-state index contributed by atoms with van der Waals surface area (Å²) < 4.78 is 11.1. The van der Waals surface area contributed by atoms with Gasteiger partial charge in [0.25, 0.3) is 5.69 Å². The van der Waals surface area contributed by atoms with E-state index in [0.29, 0.717) is 29.2 Å². The maximum absolute atomic E-state index is 10.5. The smallest absolute Gasteiger partial charge is 0.274 e. The highest BCUT2D eigenvalue weighted by Crippen LogP contribution is 2.40. The molecule has 5 nitrogen and oxygen atoms in total. The van der Waals surface area contributed by atoms with Crippen LogP contribution in [0.1, 0.15) is 0 Å². The van der Waals surface area contributed by atoms with Crippen molar-refractivity contribution in [3.63, 3.8) is 0 Å². The largest absolute Gasteiger partial charge is 0.486 e. The third-order valence-electron chi connectivity index (χ3n) is 1.79. The van der Waals surface area contributed by atoms with Crippen LogP contribution in [0.3, 0.4) is 0 Å². The molecular formula is C8H6BrNO4. The second kappa shape index (κ2) is 3.45. The van der Waals surface area contributed by atoms with Gasteiger partial charge in [0.1, 0.15) is 13.2 Å². The molecule has 0 bridgehead atoms. The molecule has 1 aromatic rings. The van der Waals surface area contributed by atoms with Crippen LogP contribution in [-0.4, -0.2) is 18.1 Å². The number of nitrogens with zero attached hydrogens (tertiary/aromatic N) is 1. The van der Waals surface area contributed by atoms with Crippen molar-refractivity contribution < 1.29 is 14.4 Å². The minimum absolute atomic E-state index is 0.0128. The molecule has 74 valence electrons. The second-order valence-electron chi connectivity index (χ2n) is 2.71. The van der Waals surface area contributed by atoms with E-state index in [-0.39, 0.29) is 5.69 Å². The van der Waals surface area contributed by atoms with Crippen LogP contribution in [0.5, 0.6) is 11.5 Å². The fourth-order valence-electron chi connectivity index (χ4n) is 1.20. The van der Waals surface area contributed by atoms with Gasteiger partial charge in [-0.15, -0.1) is 0 Å². The summed E-state index contributed by atoms with van der Waals surface area (Å²) in [5, 5.41) is 10.5. The third-order valence-corrected chi connectivity index (χ3v) is 2.38. The van der Waals surface area contributed by atoms with Crippen molar-refractivity contribution in [2.45, 2.75) is 0 Å². The van der Waals surface area contributed by atoms with E-state index in [1.165, 1.54) is 12.1 Å². The molecule has 0 aromatic heterocycles. The Balaban J connectivity index is 2.51. The number of ether oxygens (including phenoxy) is 2. The van der Waals surface area contributed by atoms with Gasteiger partial charge in [0.2, 0.25) is 0 Å². The van der Waals surface area contributed by atoms with Crippen molar-refractivity contribution in [3.05, 3.63) is 26.7 Å². The normalized spacial score (nSPS) is 13.8. The average molecular weight is 260 g/mol. The van der Waals surface area contributed by atoms with E-state index < -0.39 is 4.92 Å². The molecule has 1 aliphatic heterocycles. The number of nitro groups is 1. The fraction of sp³-hybridized carbons (Fsp3) is 0.250. The molecule has 1 aliphatic rings. The van der Waals surface area contributed by atoms with Gasteiger partial charge in [-0.3, -0.25) is 10.1 Å². The summed E-state index contributed by atoms with van der Waals surface area (Å²) in [5.74, 6) is 0.944. The Kier molecular flexibility index (Phi) is 2.28. The quantitative estimate of drug-likeness (QED) is 0.573. The van der Waals surface area contributed by atoms with E-state index in [1.807, 2.05) is 0 Å². The van der Waals surface area contributed by atoms with Crippen molar-refractivity contribution in [3.8, 4) is 11.5 Å². The highest BCUT2D eigenvalue weighted by Gasteiger charge is 2.20. The summed E-state index contributed by atoms with van der Waals surface area (Å²) in [5.41, 5.74) is -0.0128. The van der Waals surface area contributed by atoms with Crippen molar-refractivity contribution >= 4 is 21.6 Å². The minimum atomic E-state index is -0.469. The Morgan fingerprint density at radius 1 is 1.36 bits per heavy atom. The number of non-ortho nitro benzene ring substituents is 1. The first-order valence-corrected chi connectivity index (χ1v) is 4.71. The van der Waals surface area contributed by atoms with Crippen LogP contribution < -0.4 is 9.47 Å². The highest BCUT2D eigenvalue weighted by atomic mass is 79.9. The molecule has 2 rings (SSSR count). The van der Waals surface area contributed by atoms with Crippen LogP contribution in [0.2, 0.25) is 0 Å². The summed E-state index contributed by atoms with van der Waals surface area (Å²) in [6, 6.07) is 2.76. The van der Waals surface area contributed by atoms with Gasteiger partial charge in [0.15, 0.2) is 11.5 Å². The van der Waals surface area contributed by atoms with Crippen LogP contribution in [0, 0.1) is 10.1 Å². The number of benzene rings is 1. The number of halogens is 1. The molecule has 0 unspecified atom stereocenters. The molecule has 1 aromatic carbocycles. The zero-order valence-electron chi connectivity index (χ0n) is 7.03. The van der Waals surface area contributed by atoms with Crippen LogP contribution >= 0.6 is 15.9 Å². The molecule has 0 aliphatic carbocycles. The summed E-state index contributed by atoms with van der Waals surface area (Å²) in [6.45, 7) is 0.879. The summed E-state index contributed by atoms with van der Waals surface area (Å²) in [7, 11) is 0. The Bertz CT molecular complexity index is 393. The summed E-state index contributed by atoms with van der Waals surface area (Å²) in [6.07, 6.45) is 0. The fourth-order valence-corrected chi connectivity index (χ4v) is 1.75. The Morgan fingerprint density at radius 3 is 2.79 bits per heavy atom. The topological polar surface area (TPSA) is 61.6 Å². The van der Waals surface area contributed by atoms with E-state index in [9.17, 15) is 10.1 Å².